The van der Waals surface area contributed by atoms with Crippen molar-refractivity contribution in [2.24, 2.45) is 0 Å². The third kappa shape index (κ3) is 3.81. The molecule has 0 saturated heterocycles. The number of carbonyl (C=O) groups excluding carboxylic acids is 1. The van der Waals surface area contributed by atoms with E-state index >= 15 is 0 Å². The summed E-state index contributed by atoms with van der Waals surface area (Å²) < 4.78 is 27.6. The normalized spacial score (nSPS) is 14.0. The number of rotatable bonds is 6. The topological polar surface area (TPSA) is 102 Å². The van der Waals surface area contributed by atoms with Gasteiger partial charge in [0.05, 0.1) is 10.5 Å². The molecular formula is C21H19N3O3S. The first-order valence-electron chi connectivity index (χ1n) is 8.92. The summed E-state index contributed by atoms with van der Waals surface area (Å²) >= 11 is 0. The number of pyridine rings is 1. The smallest absolute Gasteiger partial charge is 0.240 e. The van der Waals surface area contributed by atoms with Crippen LogP contribution in [0, 0.1) is 0 Å². The minimum atomic E-state index is -3.57. The van der Waals surface area contributed by atoms with E-state index in [9.17, 15) is 13.2 Å². The van der Waals surface area contributed by atoms with E-state index in [0.717, 1.165) is 12.8 Å². The zero-order valence-corrected chi connectivity index (χ0v) is 15.8. The average Bonchev–Trinajstić information content (AvgIpc) is 3.52. The maximum atomic E-state index is 12.8. The molecule has 1 aromatic heterocycles. The molecule has 4 rings (SSSR count). The second-order valence-electron chi connectivity index (χ2n) is 6.78. The van der Waals surface area contributed by atoms with Crippen LogP contribution in [0.5, 0.6) is 0 Å². The molecule has 0 amide bonds. The molecule has 1 fully saturated rings. The van der Waals surface area contributed by atoms with Gasteiger partial charge in [-0.05, 0) is 36.6 Å². The zero-order chi connectivity index (χ0) is 19.7. The van der Waals surface area contributed by atoms with Crippen LogP contribution >= 0.6 is 0 Å². The predicted octanol–water partition coefficient (Wildman–Crippen LogP) is 3.00. The number of carbonyl (C=O) groups is 1. The Bertz CT molecular complexity index is 1140. The number of sulfonamides is 1. The maximum Gasteiger partial charge on any atom is 0.240 e. The Hall–Kier alpha value is -3.03. The van der Waals surface area contributed by atoms with E-state index in [4.69, 9.17) is 5.73 Å². The van der Waals surface area contributed by atoms with E-state index in [-0.39, 0.29) is 28.1 Å². The van der Waals surface area contributed by atoms with Gasteiger partial charge in [0.25, 0.3) is 0 Å². The van der Waals surface area contributed by atoms with Crippen molar-refractivity contribution in [1.29, 1.82) is 0 Å². The first-order valence-corrected chi connectivity index (χ1v) is 10.4. The van der Waals surface area contributed by atoms with Gasteiger partial charge in [0, 0.05) is 23.4 Å². The molecule has 0 unspecified atom stereocenters. The van der Waals surface area contributed by atoms with Crippen LogP contribution in [0.4, 0.5) is 5.82 Å². The van der Waals surface area contributed by atoms with E-state index in [2.05, 4.69) is 9.71 Å². The number of aromatic nitrogens is 1. The van der Waals surface area contributed by atoms with Gasteiger partial charge >= 0.3 is 0 Å². The number of hydrogen-bond acceptors (Lipinski definition) is 5. The van der Waals surface area contributed by atoms with E-state index in [1.54, 1.807) is 54.6 Å². The minimum absolute atomic E-state index is 0.0296. The largest absolute Gasteiger partial charge is 0.383 e. The molecule has 0 aliphatic heterocycles. The molecule has 1 saturated carbocycles. The Morgan fingerprint density at radius 2 is 1.75 bits per heavy atom. The van der Waals surface area contributed by atoms with Gasteiger partial charge in [-0.3, -0.25) is 4.79 Å². The lowest BCUT2D eigenvalue weighted by molar-refractivity contribution is 0.103. The molecule has 7 heteroatoms. The predicted molar refractivity (Wildman–Crippen MR) is 107 cm³/mol. The molecule has 28 heavy (non-hydrogen) atoms. The molecular weight excluding hydrogens is 374 g/mol. The first-order chi connectivity index (χ1) is 13.4. The second-order valence-corrected chi connectivity index (χ2v) is 8.49. The molecule has 0 radical (unpaired) electrons. The highest BCUT2D eigenvalue weighted by molar-refractivity contribution is 7.89. The van der Waals surface area contributed by atoms with Crippen molar-refractivity contribution in [2.75, 3.05) is 5.73 Å². The lowest BCUT2D eigenvalue weighted by Crippen LogP contribution is -2.25. The molecule has 6 nitrogen and oxygen atoms in total. The zero-order valence-electron chi connectivity index (χ0n) is 15.0. The summed E-state index contributed by atoms with van der Waals surface area (Å²) in [6.07, 6.45) is 3.27. The van der Waals surface area contributed by atoms with Crippen molar-refractivity contribution in [3.63, 3.8) is 0 Å². The van der Waals surface area contributed by atoms with Crippen molar-refractivity contribution in [1.82, 2.24) is 9.71 Å². The summed E-state index contributed by atoms with van der Waals surface area (Å²) in [5, 5.41) is 0. The molecule has 142 valence electrons. The summed E-state index contributed by atoms with van der Waals surface area (Å²) in [7, 11) is -3.57. The maximum absolute atomic E-state index is 12.8. The van der Waals surface area contributed by atoms with Gasteiger partial charge in [0.1, 0.15) is 5.82 Å². The Morgan fingerprint density at radius 1 is 1.00 bits per heavy atom. The molecule has 1 aliphatic rings. The highest BCUT2D eigenvalue weighted by Crippen LogP contribution is 2.27. The van der Waals surface area contributed by atoms with Crippen LogP contribution in [0.2, 0.25) is 0 Å². The van der Waals surface area contributed by atoms with Crippen LogP contribution < -0.4 is 10.5 Å². The van der Waals surface area contributed by atoms with Crippen molar-refractivity contribution in [3.8, 4) is 11.1 Å². The van der Waals surface area contributed by atoms with E-state index in [0.29, 0.717) is 16.7 Å². The Kier molecular flexibility index (Phi) is 4.70. The highest BCUT2D eigenvalue weighted by Gasteiger charge is 2.28. The van der Waals surface area contributed by atoms with Crippen LogP contribution in [-0.2, 0) is 10.0 Å². The van der Waals surface area contributed by atoms with Gasteiger partial charge < -0.3 is 5.73 Å². The summed E-state index contributed by atoms with van der Waals surface area (Å²) in [6, 6.07) is 17.1. The summed E-state index contributed by atoms with van der Waals surface area (Å²) in [6.45, 7) is 0. The van der Waals surface area contributed by atoms with Crippen LogP contribution in [0.15, 0.2) is 71.8 Å². The van der Waals surface area contributed by atoms with Crippen LogP contribution in [0.1, 0.15) is 28.8 Å². The summed E-state index contributed by atoms with van der Waals surface area (Å²) in [4.78, 5) is 17.1. The molecule has 0 spiro atoms. The molecule has 1 heterocycles. The number of anilines is 1. The van der Waals surface area contributed by atoms with Crippen molar-refractivity contribution in [2.45, 2.75) is 23.8 Å². The number of benzene rings is 2. The average molecular weight is 393 g/mol. The number of nitrogens with one attached hydrogen (secondary N) is 1. The van der Waals surface area contributed by atoms with Gasteiger partial charge in [0.15, 0.2) is 5.78 Å². The number of hydrogen-bond donors (Lipinski definition) is 2. The van der Waals surface area contributed by atoms with Crippen molar-refractivity contribution >= 4 is 21.6 Å². The van der Waals surface area contributed by atoms with Gasteiger partial charge in [-0.2, -0.15) is 0 Å². The number of nitrogens with two attached hydrogens (primary N) is 1. The van der Waals surface area contributed by atoms with Gasteiger partial charge in [-0.15, -0.1) is 0 Å². The van der Waals surface area contributed by atoms with Crippen LogP contribution in [-0.4, -0.2) is 25.2 Å². The number of nitrogen functional groups attached to an aromatic ring is 1. The fourth-order valence-electron chi connectivity index (χ4n) is 2.89. The minimum Gasteiger partial charge on any atom is -0.383 e. The van der Waals surface area contributed by atoms with E-state index in [1.165, 1.54) is 6.20 Å². The van der Waals surface area contributed by atoms with Gasteiger partial charge in [-0.25, -0.2) is 18.1 Å². The Balaban J connectivity index is 1.70. The van der Waals surface area contributed by atoms with E-state index < -0.39 is 10.0 Å². The van der Waals surface area contributed by atoms with Gasteiger partial charge in [0.2, 0.25) is 10.0 Å². The molecule has 3 aromatic rings. The Labute approximate surface area is 163 Å². The van der Waals surface area contributed by atoms with Crippen molar-refractivity contribution in [3.05, 3.63) is 78.0 Å². The van der Waals surface area contributed by atoms with Crippen LogP contribution in [0.3, 0.4) is 0 Å². The van der Waals surface area contributed by atoms with Gasteiger partial charge in [-0.1, -0.05) is 42.5 Å². The fourth-order valence-corrected chi connectivity index (χ4v) is 4.24. The third-order valence-corrected chi connectivity index (χ3v) is 6.09. The molecule has 3 N–H and O–H groups in total. The van der Waals surface area contributed by atoms with E-state index in [1.807, 2.05) is 6.07 Å². The monoisotopic (exact) mass is 393 g/mol. The Morgan fingerprint density at radius 3 is 2.46 bits per heavy atom. The standard InChI is InChI=1S/C21H19N3O3S/c22-21-19(20(25)14-5-2-1-3-6-14)12-16(13-23-21)15-7-4-8-18(11-15)28(26,27)24-17-9-10-17/h1-8,11-13,17,24H,9-10H2,(H2,22,23). The van der Waals surface area contributed by atoms with Crippen LogP contribution in [0.25, 0.3) is 11.1 Å². The molecule has 0 atom stereocenters. The van der Waals surface area contributed by atoms with Crippen molar-refractivity contribution < 1.29 is 13.2 Å². The molecule has 2 aromatic carbocycles. The lowest BCUT2D eigenvalue weighted by Gasteiger charge is -2.10. The quantitative estimate of drug-likeness (QED) is 0.627. The lowest BCUT2D eigenvalue weighted by atomic mass is 10.00. The summed E-state index contributed by atoms with van der Waals surface area (Å²) in [5.41, 5.74) is 7.99. The SMILES string of the molecule is Nc1ncc(-c2cccc(S(=O)(=O)NC3CC3)c2)cc1C(=O)c1ccccc1. The third-order valence-electron chi connectivity index (χ3n) is 4.58. The fraction of sp³-hybridized carbons (Fsp3) is 0.143. The summed E-state index contributed by atoms with van der Waals surface area (Å²) in [5.74, 6) is -0.0941. The first kappa shape index (κ1) is 18.3. The molecule has 1 aliphatic carbocycles. The number of ketones is 1. The second kappa shape index (κ2) is 7.18. The highest BCUT2D eigenvalue weighted by atomic mass is 32.2. The number of nitrogens with zero attached hydrogens (tertiary/aromatic N) is 1. The molecule has 0 bridgehead atoms.